The molecule has 0 saturated carbocycles. The van der Waals surface area contributed by atoms with Gasteiger partial charge in [0, 0.05) is 23.3 Å². The Bertz CT molecular complexity index is 943. The Balaban J connectivity index is 1.86. The number of ether oxygens (including phenoxy) is 4. The van der Waals surface area contributed by atoms with Crippen molar-refractivity contribution in [3.63, 3.8) is 0 Å². The van der Waals surface area contributed by atoms with Gasteiger partial charge in [0.15, 0.2) is 17.4 Å². The van der Waals surface area contributed by atoms with Crippen molar-refractivity contribution in [2.45, 2.75) is 13.8 Å². The maximum Gasteiger partial charge on any atom is 0.338 e. The summed E-state index contributed by atoms with van der Waals surface area (Å²) < 4.78 is 48.4. The zero-order valence-corrected chi connectivity index (χ0v) is 16.5. The monoisotopic (exact) mass is 418 g/mol. The molecule has 2 aromatic carbocycles. The Hall–Kier alpha value is -3.68. The van der Waals surface area contributed by atoms with Gasteiger partial charge in [-0.25, -0.2) is 18.4 Å². The summed E-state index contributed by atoms with van der Waals surface area (Å²) in [6.45, 7) is 9.67. The largest absolute Gasteiger partial charge is 0.490 e. The Labute approximate surface area is 172 Å². The van der Waals surface area contributed by atoms with Crippen molar-refractivity contribution in [2.75, 3.05) is 13.2 Å². The van der Waals surface area contributed by atoms with E-state index in [1.54, 1.807) is 12.1 Å². The number of rotatable bonds is 9. The number of hydrogen-bond acceptors (Lipinski definition) is 6. The van der Waals surface area contributed by atoms with Gasteiger partial charge in [-0.05, 0) is 38.1 Å². The Morgan fingerprint density at radius 3 is 1.70 bits per heavy atom. The highest BCUT2D eigenvalue weighted by Crippen LogP contribution is 2.27. The first-order valence-corrected chi connectivity index (χ1v) is 8.77. The second-order valence-electron chi connectivity index (χ2n) is 6.22. The first-order chi connectivity index (χ1) is 14.2. The van der Waals surface area contributed by atoms with E-state index < -0.39 is 29.3 Å². The molecular formula is C22H20F2O6. The summed E-state index contributed by atoms with van der Waals surface area (Å²) in [5.41, 5.74) is 0.365. The molecule has 6 nitrogen and oxygen atoms in total. The third kappa shape index (κ3) is 6.44. The van der Waals surface area contributed by atoms with E-state index in [4.69, 9.17) is 18.9 Å². The first kappa shape index (κ1) is 22.6. The predicted molar refractivity (Wildman–Crippen MR) is 105 cm³/mol. The van der Waals surface area contributed by atoms with Crippen LogP contribution in [0.1, 0.15) is 13.8 Å². The van der Waals surface area contributed by atoms with Crippen LogP contribution in [-0.4, -0.2) is 25.2 Å². The molecule has 0 saturated heterocycles. The number of carbonyl (C=O) groups excluding carboxylic acids is 2. The topological polar surface area (TPSA) is 71.1 Å². The second kappa shape index (κ2) is 10.2. The molecule has 158 valence electrons. The fraction of sp³-hybridized carbons (Fsp3) is 0.182. The molecule has 0 unspecified atom stereocenters. The number of esters is 2. The molecular weight excluding hydrogens is 398 g/mol. The van der Waals surface area contributed by atoms with Gasteiger partial charge in [0.1, 0.15) is 30.5 Å². The standard InChI is InChI=1S/C22H20F2O6/c1-13(2)21(25)29-16-7-5-15(6-8-16)27-9-10-28-20-18(23)11-17(12-19(20)24)30-22(26)14(3)4/h5-8,11-12H,1,3,9-10H2,2,4H3. The quantitative estimate of drug-likeness (QED) is 0.260. The molecule has 0 heterocycles. The zero-order valence-electron chi connectivity index (χ0n) is 16.5. The molecule has 2 rings (SSSR count). The van der Waals surface area contributed by atoms with E-state index in [1.807, 2.05) is 0 Å². The molecule has 0 atom stereocenters. The highest BCUT2D eigenvalue weighted by atomic mass is 19.1. The van der Waals surface area contributed by atoms with Crippen molar-refractivity contribution in [2.24, 2.45) is 0 Å². The smallest absolute Gasteiger partial charge is 0.338 e. The molecule has 30 heavy (non-hydrogen) atoms. The number of carbonyl (C=O) groups is 2. The van der Waals surface area contributed by atoms with Crippen LogP contribution in [0.15, 0.2) is 60.7 Å². The second-order valence-corrected chi connectivity index (χ2v) is 6.22. The van der Waals surface area contributed by atoms with E-state index in [1.165, 1.54) is 26.0 Å². The fourth-order valence-electron chi connectivity index (χ4n) is 2.03. The number of halogens is 2. The normalized spacial score (nSPS) is 10.1. The van der Waals surface area contributed by atoms with Crippen LogP contribution in [0.3, 0.4) is 0 Å². The van der Waals surface area contributed by atoms with Gasteiger partial charge in [-0.1, -0.05) is 13.2 Å². The van der Waals surface area contributed by atoms with Crippen molar-refractivity contribution in [1.29, 1.82) is 0 Å². The lowest BCUT2D eigenvalue weighted by molar-refractivity contribution is -0.131. The third-order valence-corrected chi connectivity index (χ3v) is 3.51. The van der Waals surface area contributed by atoms with Crippen molar-refractivity contribution in [3.8, 4) is 23.0 Å². The molecule has 0 bridgehead atoms. The molecule has 0 aromatic heterocycles. The SMILES string of the molecule is C=C(C)C(=O)Oc1ccc(OCCOc2c(F)cc(OC(=O)C(=C)C)cc2F)cc1. The van der Waals surface area contributed by atoms with Crippen LogP contribution in [0.25, 0.3) is 0 Å². The molecule has 0 amide bonds. The summed E-state index contributed by atoms with van der Waals surface area (Å²) in [4.78, 5) is 22.9. The van der Waals surface area contributed by atoms with E-state index >= 15 is 0 Å². The van der Waals surface area contributed by atoms with E-state index in [2.05, 4.69) is 13.2 Å². The van der Waals surface area contributed by atoms with Crippen LogP contribution in [0.2, 0.25) is 0 Å². The summed E-state index contributed by atoms with van der Waals surface area (Å²) in [6.07, 6.45) is 0. The van der Waals surface area contributed by atoms with Gasteiger partial charge < -0.3 is 18.9 Å². The summed E-state index contributed by atoms with van der Waals surface area (Å²) in [5.74, 6) is -3.53. The van der Waals surface area contributed by atoms with E-state index in [0.29, 0.717) is 11.5 Å². The van der Waals surface area contributed by atoms with Crippen molar-refractivity contribution in [1.82, 2.24) is 0 Å². The Morgan fingerprint density at radius 2 is 1.20 bits per heavy atom. The van der Waals surface area contributed by atoms with E-state index in [-0.39, 0.29) is 30.1 Å². The molecule has 0 spiro atoms. The van der Waals surface area contributed by atoms with E-state index in [0.717, 1.165) is 12.1 Å². The Morgan fingerprint density at radius 1 is 0.767 bits per heavy atom. The molecule has 0 aliphatic carbocycles. The third-order valence-electron chi connectivity index (χ3n) is 3.51. The highest BCUT2D eigenvalue weighted by Gasteiger charge is 2.16. The highest BCUT2D eigenvalue weighted by molar-refractivity contribution is 5.89. The van der Waals surface area contributed by atoms with Crippen LogP contribution in [0.5, 0.6) is 23.0 Å². The summed E-state index contributed by atoms with van der Waals surface area (Å²) in [6, 6.07) is 7.86. The average Bonchev–Trinajstić information content (AvgIpc) is 2.67. The van der Waals surface area contributed by atoms with Gasteiger partial charge in [-0.2, -0.15) is 0 Å². The molecule has 0 aliphatic heterocycles. The average molecular weight is 418 g/mol. The van der Waals surface area contributed by atoms with Gasteiger partial charge in [0.05, 0.1) is 0 Å². The van der Waals surface area contributed by atoms with Crippen LogP contribution < -0.4 is 18.9 Å². The molecule has 8 heteroatoms. The van der Waals surface area contributed by atoms with Gasteiger partial charge in [-0.3, -0.25) is 0 Å². The van der Waals surface area contributed by atoms with Crippen LogP contribution in [-0.2, 0) is 9.59 Å². The predicted octanol–water partition coefficient (Wildman–Crippen LogP) is 4.39. The first-order valence-electron chi connectivity index (χ1n) is 8.77. The minimum atomic E-state index is -1.02. The minimum absolute atomic E-state index is 0.00379. The van der Waals surface area contributed by atoms with Gasteiger partial charge in [0.25, 0.3) is 0 Å². The maximum atomic E-state index is 14.1. The molecule has 0 N–H and O–H groups in total. The van der Waals surface area contributed by atoms with Gasteiger partial charge >= 0.3 is 11.9 Å². The molecule has 0 aliphatic rings. The van der Waals surface area contributed by atoms with Gasteiger partial charge in [0.2, 0.25) is 0 Å². The molecule has 0 fully saturated rings. The molecule has 0 radical (unpaired) electrons. The number of benzene rings is 2. The lowest BCUT2D eigenvalue weighted by Gasteiger charge is -2.11. The summed E-state index contributed by atoms with van der Waals surface area (Å²) in [5, 5.41) is 0. The summed E-state index contributed by atoms with van der Waals surface area (Å²) in [7, 11) is 0. The van der Waals surface area contributed by atoms with Crippen LogP contribution >= 0.6 is 0 Å². The Kier molecular flexibility index (Phi) is 7.69. The summed E-state index contributed by atoms with van der Waals surface area (Å²) >= 11 is 0. The van der Waals surface area contributed by atoms with Crippen LogP contribution in [0.4, 0.5) is 8.78 Å². The van der Waals surface area contributed by atoms with Crippen molar-refractivity contribution >= 4 is 11.9 Å². The van der Waals surface area contributed by atoms with E-state index in [9.17, 15) is 18.4 Å². The lowest BCUT2D eigenvalue weighted by atomic mass is 10.3. The fourth-order valence-corrected chi connectivity index (χ4v) is 2.03. The molecule has 2 aromatic rings. The number of hydrogen-bond donors (Lipinski definition) is 0. The maximum absolute atomic E-state index is 14.1. The van der Waals surface area contributed by atoms with Crippen molar-refractivity contribution < 1.29 is 37.3 Å². The minimum Gasteiger partial charge on any atom is -0.490 e. The van der Waals surface area contributed by atoms with Crippen molar-refractivity contribution in [3.05, 3.63) is 72.3 Å². The van der Waals surface area contributed by atoms with Gasteiger partial charge in [-0.15, -0.1) is 0 Å². The zero-order chi connectivity index (χ0) is 22.3. The lowest BCUT2D eigenvalue weighted by Crippen LogP contribution is -2.12. The van der Waals surface area contributed by atoms with Crippen LogP contribution in [0, 0.1) is 11.6 Å².